The van der Waals surface area contributed by atoms with E-state index < -0.39 is 77.3 Å². The number of hydrogen-bond donors (Lipinski definition) is 3. The van der Waals surface area contributed by atoms with E-state index in [4.69, 9.17) is 5.73 Å². The molecule has 2 atom stereocenters. The van der Waals surface area contributed by atoms with Crippen molar-refractivity contribution in [1.29, 1.82) is 0 Å². The Balaban J connectivity index is 2.17. The third kappa shape index (κ3) is 4.86. The van der Waals surface area contributed by atoms with Crippen LogP contribution in [0.3, 0.4) is 0 Å². The largest absolute Gasteiger partial charge is 0.480 e. The highest BCUT2D eigenvalue weighted by atomic mass is 19.2. The molecule has 0 heterocycles. The van der Waals surface area contributed by atoms with E-state index >= 15 is 0 Å². The number of aliphatic carboxylic acids is 1. The van der Waals surface area contributed by atoms with Crippen LogP contribution < -0.4 is 11.1 Å². The van der Waals surface area contributed by atoms with Gasteiger partial charge in [0, 0.05) is 18.4 Å². The van der Waals surface area contributed by atoms with Crippen molar-refractivity contribution in [2.75, 3.05) is 0 Å². The first-order valence-electron chi connectivity index (χ1n) is 8.07. The second kappa shape index (κ2) is 8.95. The van der Waals surface area contributed by atoms with E-state index in [0.717, 1.165) is 6.07 Å². The topological polar surface area (TPSA) is 92.4 Å². The van der Waals surface area contributed by atoms with Crippen LogP contribution >= 0.6 is 0 Å². The molecule has 2 aromatic carbocycles. The van der Waals surface area contributed by atoms with E-state index in [1.54, 1.807) is 0 Å². The number of hydrogen-bond acceptors (Lipinski definition) is 3. The predicted octanol–water partition coefficient (Wildman–Crippen LogP) is 2.20. The Morgan fingerprint density at radius 3 is 1.93 bits per heavy atom. The SMILES string of the molecule is N[C@@H](Cc1c(F)c(F)c(F)c(F)c1F)C(=O)N[C@@H](Cc1ccccc1F)C(=O)O. The molecule has 11 heteroatoms. The number of amides is 1. The van der Waals surface area contributed by atoms with Gasteiger partial charge in [0.15, 0.2) is 23.3 Å². The van der Waals surface area contributed by atoms with E-state index in [1.165, 1.54) is 18.2 Å². The van der Waals surface area contributed by atoms with Gasteiger partial charge in [-0.1, -0.05) is 18.2 Å². The molecule has 0 aliphatic heterocycles. The maximum atomic E-state index is 13.7. The highest BCUT2D eigenvalue weighted by Gasteiger charge is 2.30. The number of halogens is 6. The van der Waals surface area contributed by atoms with Crippen LogP contribution in [0.2, 0.25) is 0 Å². The highest BCUT2D eigenvalue weighted by molar-refractivity contribution is 5.87. The fraction of sp³-hybridized carbons (Fsp3) is 0.222. The molecule has 0 aliphatic carbocycles. The Kier molecular flexibility index (Phi) is 6.85. The van der Waals surface area contributed by atoms with Gasteiger partial charge in [0.25, 0.3) is 0 Å². The average Bonchev–Trinajstić information content (AvgIpc) is 2.68. The average molecular weight is 420 g/mol. The normalized spacial score (nSPS) is 13.1. The smallest absolute Gasteiger partial charge is 0.326 e. The summed E-state index contributed by atoms with van der Waals surface area (Å²) in [6.07, 6.45) is -1.56. The van der Waals surface area contributed by atoms with Crippen LogP contribution in [-0.2, 0) is 22.4 Å². The van der Waals surface area contributed by atoms with Gasteiger partial charge in [0.2, 0.25) is 11.7 Å². The van der Waals surface area contributed by atoms with E-state index in [1.807, 2.05) is 5.32 Å². The lowest BCUT2D eigenvalue weighted by molar-refractivity contribution is -0.142. The Hall–Kier alpha value is -3.08. The van der Waals surface area contributed by atoms with Crippen molar-refractivity contribution in [2.24, 2.45) is 5.73 Å². The first kappa shape index (κ1) is 22.2. The summed E-state index contributed by atoms with van der Waals surface area (Å²) in [5, 5.41) is 11.2. The summed E-state index contributed by atoms with van der Waals surface area (Å²) >= 11 is 0. The zero-order valence-corrected chi connectivity index (χ0v) is 14.5. The van der Waals surface area contributed by atoms with Crippen molar-refractivity contribution in [3.05, 3.63) is 70.3 Å². The molecule has 4 N–H and O–H groups in total. The van der Waals surface area contributed by atoms with Crippen LogP contribution in [0.5, 0.6) is 0 Å². The quantitative estimate of drug-likeness (QED) is 0.364. The molecule has 0 bridgehead atoms. The van der Waals surface area contributed by atoms with Gasteiger partial charge in [-0.15, -0.1) is 0 Å². The lowest BCUT2D eigenvalue weighted by Crippen LogP contribution is -2.50. The third-order valence-electron chi connectivity index (χ3n) is 4.06. The predicted molar refractivity (Wildman–Crippen MR) is 87.6 cm³/mol. The zero-order valence-electron chi connectivity index (χ0n) is 14.5. The van der Waals surface area contributed by atoms with E-state index in [0.29, 0.717) is 0 Å². The van der Waals surface area contributed by atoms with Gasteiger partial charge in [0.1, 0.15) is 11.9 Å². The van der Waals surface area contributed by atoms with Crippen LogP contribution in [0, 0.1) is 34.9 Å². The number of benzene rings is 2. The summed E-state index contributed by atoms with van der Waals surface area (Å²) in [7, 11) is 0. The number of nitrogens with two attached hydrogens (primary N) is 1. The standard InChI is InChI=1S/C18H14F6N2O3/c19-9-4-2-1-3-7(9)5-11(18(28)29)26-17(27)10(25)6-8-12(20)14(22)16(24)15(23)13(8)21/h1-4,10-11H,5-6,25H2,(H,26,27)(H,28,29)/t10-,11-/m0/s1. The first-order chi connectivity index (χ1) is 13.5. The minimum absolute atomic E-state index is 0.0338. The van der Waals surface area contributed by atoms with Crippen molar-refractivity contribution in [3.63, 3.8) is 0 Å². The molecule has 0 aliphatic rings. The van der Waals surface area contributed by atoms with Gasteiger partial charge in [-0.25, -0.2) is 31.1 Å². The molecule has 5 nitrogen and oxygen atoms in total. The van der Waals surface area contributed by atoms with Gasteiger partial charge in [-0.2, -0.15) is 0 Å². The summed E-state index contributed by atoms with van der Waals surface area (Å²) < 4.78 is 80.6. The van der Waals surface area contributed by atoms with E-state index in [2.05, 4.69) is 0 Å². The fourth-order valence-corrected chi connectivity index (χ4v) is 2.50. The number of rotatable bonds is 7. The van der Waals surface area contributed by atoms with Crippen molar-refractivity contribution in [3.8, 4) is 0 Å². The second-order valence-corrected chi connectivity index (χ2v) is 6.05. The number of carbonyl (C=O) groups is 2. The number of nitrogens with one attached hydrogen (secondary N) is 1. The molecule has 156 valence electrons. The summed E-state index contributed by atoms with van der Waals surface area (Å²) in [4.78, 5) is 23.4. The Bertz CT molecular complexity index is 924. The summed E-state index contributed by atoms with van der Waals surface area (Å²) in [5.41, 5.74) is 4.10. The molecule has 0 spiro atoms. The zero-order chi connectivity index (χ0) is 21.9. The number of carbonyl (C=O) groups excluding carboxylic acids is 1. The fourth-order valence-electron chi connectivity index (χ4n) is 2.50. The van der Waals surface area contributed by atoms with Gasteiger partial charge in [-0.05, 0) is 11.6 Å². The Morgan fingerprint density at radius 2 is 1.41 bits per heavy atom. The minimum atomic E-state index is -2.36. The third-order valence-corrected chi connectivity index (χ3v) is 4.06. The molecule has 29 heavy (non-hydrogen) atoms. The molecule has 0 fully saturated rings. The van der Waals surface area contributed by atoms with Crippen molar-refractivity contribution >= 4 is 11.9 Å². The molecular formula is C18H14F6N2O3. The van der Waals surface area contributed by atoms with Crippen LogP contribution in [0.4, 0.5) is 26.3 Å². The molecule has 2 aromatic rings. The van der Waals surface area contributed by atoms with Crippen molar-refractivity contribution in [1.82, 2.24) is 5.32 Å². The second-order valence-electron chi connectivity index (χ2n) is 6.05. The minimum Gasteiger partial charge on any atom is -0.480 e. The summed E-state index contributed by atoms with van der Waals surface area (Å²) in [5.74, 6) is -14.6. The Morgan fingerprint density at radius 1 is 0.897 bits per heavy atom. The lowest BCUT2D eigenvalue weighted by Gasteiger charge is -2.19. The molecular weight excluding hydrogens is 406 g/mol. The molecule has 0 saturated heterocycles. The Labute approximate surface area is 160 Å². The molecule has 2 rings (SSSR count). The van der Waals surface area contributed by atoms with Crippen molar-refractivity contribution < 1.29 is 41.0 Å². The maximum Gasteiger partial charge on any atom is 0.326 e. The molecule has 0 aromatic heterocycles. The van der Waals surface area contributed by atoms with Gasteiger partial charge in [-0.3, -0.25) is 4.79 Å². The summed E-state index contributed by atoms with van der Waals surface area (Å²) in [6.45, 7) is 0. The van der Waals surface area contributed by atoms with Gasteiger partial charge < -0.3 is 16.2 Å². The summed E-state index contributed by atoms with van der Waals surface area (Å²) in [6, 6.07) is 1.67. The van der Waals surface area contributed by atoms with E-state index in [9.17, 15) is 41.0 Å². The highest BCUT2D eigenvalue weighted by Crippen LogP contribution is 2.24. The number of carboxylic acids is 1. The molecule has 0 saturated carbocycles. The monoisotopic (exact) mass is 420 g/mol. The van der Waals surface area contributed by atoms with E-state index in [-0.39, 0.29) is 5.56 Å². The van der Waals surface area contributed by atoms with Gasteiger partial charge in [0.05, 0.1) is 6.04 Å². The van der Waals surface area contributed by atoms with Gasteiger partial charge >= 0.3 is 5.97 Å². The van der Waals surface area contributed by atoms with Crippen molar-refractivity contribution in [2.45, 2.75) is 24.9 Å². The van der Waals surface area contributed by atoms with Crippen LogP contribution in [0.1, 0.15) is 11.1 Å². The van der Waals surface area contributed by atoms with Crippen LogP contribution in [0.25, 0.3) is 0 Å². The maximum absolute atomic E-state index is 13.7. The molecule has 0 unspecified atom stereocenters. The first-order valence-corrected chi connectivity index (χ1v) is 8.07. The lowest BCUT2D eigenvalue weighted by atomic mass is 10.0. The van der Waals surface area contributed by atoms with Crippen LogP contribution in [-0.4, -0.2) is 29.1 Å². The molecule has 0 radical (unpaired) electrons. The van der Waals surface area contributed by atoms with Crippen LogP contribution in [0.15, 0.2) is 24.3 Å². The molecule has 1 amide bonds. The number of carboxylic acid groups (broad SMARTS) is 1.